The maximum Gasteiger partial charge on any atom is 0.242 e. The summed E-state index contributed by atoms with van der Waals surface area (Å²) in [5, 5.41) is 10.2. The Morgan fingerprint density at radius 3 is 2.30 bits per heavy atom. The molecule has 0 unspecified atom stereocenters. The van der Waals surface area contributed by atoms with Crippen LogP contribution in [0.1, 0.15) is 17.5 Å². The van der Waals surface area contributed by atoms with Gasteiger partial charge in [-0.15, -0.1) is 0 Å². The van der Waals surface area contributed by atoms with Gasteiger partial charge in [0.15, 0.2) is 5.78 Å². The molecule has 0 bridgehead atoms. The number of aliphatic hydroxyl groups excluding tert-OH is 1. The van der Waals surface area contributed by atoms with E-state index in [-0.39, 0.29) is 23.7 Å². The zero-order valence-electron chi connectivity index (χ0n) is 18.2. The lowest BCUT2D eigenvalue weighted by molar-refractivity contribution is -0.134. The van der Waals surface area contributed by atoms with Crippen LogP contribution in [-0.2, 0) is 26.0 Å². The van der Waals surface area contributed by atoms with Crippen LogP contribution in [-0.4, -0.2) is 54.3 Å². The number of ketones is 1. The van der Waals surface area contributed by atoms with Gasteiger partial charge in [0, 0.05) is 6.42 Å². The highest BCUT2D eigenvalue weighted by molar-refractivity contribution is 7.89. The molecule has 1 fully saturated rings. The van der Waals surface area contributed by atoms with Crippen molar-refractivity contribution >= 4 is 21.7 Å². The molecule has 2 N–H and O–H groups in total. The van der Waals surface area contributed by atoms with E-state index in [9.17, 15) is 23.1 Å². The van der Waals surface area contributed by atoms with Crippen LogP contribution in [0.25, 0.3) is 0 Å². The molecule has 7 nitrogen and oxygen atoms in total. The molecule has 8 heteroatoms. The van der Waals surface area contributed by atoms with Crippen LogP contribution in [0.3, 0.4) is 0 Å². The number of aryl methyl sites for hydroxylation is 1. The lowest BCUT2D eigenvalue weighted by Gasteiger charge is -2.39. The van der Waals surface area contributed by atoms with Gasteiger partial charge in [-0.2, -0.15) is 4.72 Å². The molecule has 2 aromatic rings. The summed E-state index contributed by atoms with van der Waals surface area (Å²) in [7, 11) is -3.95. The molecule has 33 heavy (non-hydrogen) atoms. The van der Waals surface area contributed by atoms with Crippen molar-refractivity contribution in [3.05, 3.63) is 90.0 Å². The minimum atomic E-state index is -3.95. The Hall–Kier alpha value is -3.07. The maximum atomic E-state index is 13.5. The number of amides is 1. The van der Waals surface area contributed by atoms with Gasteiger partial charge < -0.3 is 10.0 Å². The normalized spacial score (nSPS) is 20.5. The first-order valence-electron chi connectivity index (χ1n) is 10.7. The average molecular weight is 467 g/mol. The van der Waals surface area contributed by atoms with Crippen LogP contribution in [0, 0.1) is 6.92 Å². The predicted molar refractivity (Wildman–Crippen MR) is 124 cm³/mol. The second-order valence-corrected chi connectivity index (χ2v) is 10.2. The lowest BCUT2D eigenvalue weighted by atomic mass is 9.88. The third-order valence-corrected chi connectivity index (χ3v) is 7.59. The highest BCUT2D eigenvalue weighted by Crippen LogP contribution is 2.38. The Labute approximate surface area is 193 Å². The molecule has 172 valence electrons. The summed E-state index contributed by atoms with van der Waals surface area (Å²) in [5.41, 5.74) is 0.848. The average Bonchev–Trinajstić information content (AvgIpc) is 3.05. The predicted octanol–water partition coefficient (Wildman–Crippen LogP) is 1.91. The smallest absolute Gasteiger partial charge is 0.242 e. The van der Waals surface area contributed by atoms with Crippen LogP contribution in [0.15, 0.2) is 83.8 Å². The van der Waals surface area contributed by atoms with E-state index < -0.39 is 33.6 Å². The molecule has 1 saturated heterocycles. The van der Waals surface area contributed by atoms with E-state index in [1.807, 2.05) is 37.3 Å². The molecule has 0 aromatic heterocycles. The second kappa shape index (κ2) is 9.05. The van der Waals surface area contributed by atoms with Gasteiger partial charge in [-0.1, -0.05) is 60.2 Å². The van der Waals surface area contributed by atoms with E-state index in [1.54, 1.807) is 24.3 Å². The highest BCUT2D eigenvalue weighted by atomic mass is 32.2. The van der Waals surface area contributed by atoms with Gasteiger partial charge in [-0.25, -0.2) is 8.42 Å². The van der Waals surface area contributed by atoms with Gasteiger partial charge in [0.25, 0.3) is 0 Å². The monoisotopic (exact) mass is 466 g/mol. The number of aliphatic hydroxyl groups is 1. The molecule has 0 saturated carbocycles. The number of sulfonamides is 1. The van der Waals surface area contributed by atoms with Gasteiger partial charge in [0.1, 0.15) is 6.04 Å². The van der Waals surface area contributed by atoms with Gasteiger partial charge >= 0.3 is 0 Å². The maximum absolute atomic E-state index is 13.5. The minimum Gasteiger partial charge on any atom is -0.394 e. The summed E-state index contributed by atoms with van der Waals surface area (Å²) >= 11 is 0. The first-order chi connectivity index (χ1) is 15.7. The summed E-state index contributed by atoms with van der Waals surface area (Å²) in [5.74, 6) is -0.648. The van der Waals surface area contributed by atoms with Crippen LogP contribution in [0.2, 0.25) is 0 Å². The first-order valence-corrected chi connectivity index (χ1v) is 12.2. The number of rotatable bonds is 7. The van der Waals surface area contributed by atoms with E-state index >= 15 is 0 Å². The number of carbonyl (C=O) groups excluding carboxylic acids is 2. The first kappa shape index (κ1) is 23.1. The Morgan fingerprint density at radius 1 is 1.06 bits per heavy atom. The molecule has 1 spiro atoms. The van der Waals surface area contributed by atoms with E-state index in [0.29, 0.717) is 6.42 Å². The summed E-state index contributed by atoms with van der Waals surface area (Å²) < 4.78 is 28.5. The van der Waals surface area contributed by atoms with Gasteiger partial charge in [0.05, 0.1) is 23.1 Å². The largest absolute Gasteiger partial charge is 0.394 e. The van der Waals surface area contributed by atoms with Crippen molar-refractivity contribution in [1.29, 1.82) is 0 Å². The highest BCUT2D eigenvalue weighted by Gasteiger charge is 2.52. The Morgan fingerprint density at radius 2 is 1.70 bits per heavy atom. The van der Waals surface area contributed by atoms with Crippen molar-refractivity contribution < 1.29 is 23.1 Å². The Kier molecular flexibility index (Phi) is 6.34. The van der Waals surface area contributed by atoms with E-state index in [4.69, 9.17) is 0 Å². The molecular formula is C25H26N2O5S. The molecule has 1 aliphatic heterocycles. The third-order valence-electron chi connectivity index (χ3n) is 6.11. The minimum absolute atomic E-state index is 0.0706. The number of nitrogens with one attached hydrogen (secondary N) is 1. The van der Waals surface area contributed by atoms with Crippen LogP contribution in [0.4, 0.5) is 0 Å². The number of carbonyl (C=O) groups is 2. The molecule has 2 aromatic carbocycles. The summed E-state index contributed by atoms with van der Waals surface area (Å²) in [6.07, 6.45) is 6.52. The van der Waals surface area contributed by atoms with Gasteiger partial charge in [0.2, 0.25) is 15.9 Å². The fourth-order valence-corrected chi connectivity index (χ4v) is 5.64. The van der Waals surface area contributed by atoms with Crippen molar-refractivity contribution in [2.75, 3.05) is 6.61 Å². The summed E-state index contributed by atoms with van der Waals surface area (Å²) in [6.45, 7) is 1.55. The fraction of sp³-hybridized carbons (Fsp3) is 0.280. The number of benzene rings is 2. The van der Waals surface area contributed by atoms with Crippen molar-refractivity contribution in [3.8, 4) is 0 Å². The number of hydrogen-bond donors (Lipinski definition) is 2. The molecule has 2 atom stereocenters. The number of nitrogens with zero attached hydrogens (tertiary/aromatic N) is 1. The Balaban J connectivity index is 1.67. The molecule has 1 heterocycles. The topological polar surface area (TPSA) is 104 Å². The molecule has 2 aliphatic rings. The van der Waals surface area contributed by atoms with Crippen LogP contribution in [0.5, 0.6) is 0 Å². The molecule has 4 rings (SSSR count). The van der Waals surface area contributed by atoms with Crippen molar-refractivity contribution in [2.45, 2.75) is 42.3 Å². The number of likely N-dealkylation sites (tertiary alicyclic amines) is 1. The zero-order chi connectivity index (χ0) is 23.6. The molecule has 0 radical (unpaired) electrons. The summed E-state index contributed by atoms with van der Waals surface area (Å²) in [4.78, 5) is 26.9. The second-order valence-electron chi connectivity index (χ2n) is 8.49. The SMILES string of the molecule is Cc1ccc(S(=O)(=O)N[C@H]2CC3(C=CC(=O)C=C3)N([C@H](CO)Cc3ccccc3)C2=O)cc1. The van der Waals surface area contributed by atoms with Crippen molar-refractivity contribution in [1.82, 2.24) is 9.62 Å². The standard InChI is InChI=1S/C25H26N2O5S/c1-18-7-9-22(10-8-18)33(31,32)26-23-16-25(13-11-21(29)12-14-25)27(24(23)30)20(17-28)15-19-5-3-2-4-6-19/h2-14,20,23,26,28H,15-17H2,1H3/t20-,23-/m0/s1. The lowest BCUT2D eigenvalue weighted by Crippen LogP contribution is -2.53. The van der Waals surface area contributed by atoms with E-state index in [1.165, 1.54) is 29.2 Å². The number of allylic oxidation sites excluding steroid dienone is 2. The summed E-state index contributed by atoms with van der Waals surface area (Å²) in [6, 6.07) is 14.2. The van der Waals surface area contributed by atoms with E-state index in [0.717, 1.165) is 11.1 Å². The third kappa shape index (κ3) is 4.68. The van der Waals surface area contributed by atoms with Crippen molar-refractivity contribution in [3.63, 3.8) is 0 Å². The quantitative estimate of drug-likeness (QED) is 0.649. The van der Waals surface area contributed by atoms with Crippen molar-refractivity contribution in [2.24, 2.45) is 0 Å². The molecular weight excluding hydrogens is 440 g/mol. The number of hydrogen-bond acceptors (Lipinski definition) is 5. The van der Waals surface area contributed by atoms with Gasteiger partial charge in [-0.3, -0.25) is 9.59 Å². The van der Waals surface area contributed by atoms with Crippen LogP contribution >= 0.6 is 0 Å². The van der Waals surface area contributed by atoms with Crippen LogP contribution < -0.4 is 4.72 Å². The van der Waals surface area contributed by atoms with E-state index in [2.05, 4.69) is 4.72 Å². The zero-order valence-corrected chi connectivity index (χ0v) is 19.0. The molecule has 1 amide bonds. The Bertz CT molecular complexity index is 1190. The van der Waals surface area contributed by atoms with Gasteiger partial charge in [-0.05, 0) is 43.2 Å². The molecule has 1 aliphatic carbocycles. The fourth-order valence-electron chi connectivity index (χ4n) is 4.45.